The summed E-state index contributed by atoms with van der Waals surface area (Å²) in [5, 5.41) is 6.65. The molecular weight excluding hydrogens is 486 g/mol. The number of thiazole rings is 1. The molecule has 0 spiro atoms. The van der Waals surface area contributed by atoms with Crippen molar-refractivity contribution in [3.05, 3.63) is 75.8 Å². The number of anilines is 2. The quantitative estimate of drug-likeness (QED) is 0.410. The second kappa shape index (κ2) is 10.4. The van der Waals surface area contributed by atoms with E-state index in [1.807, 2.05) is 53.9 Å². The number of rotatable bonds is 6. The Morgan fingerprint density at radius 1 is 1.03 bits per heavy atom. The third-order valence-electron chi connectivity index (χ3n) is 5.87. The third kappa shape index (κ3) is 4.99. The predicted molar refractivity (Wildman–Crippen MR) is 138 cm³/mol. The smallest absolute Gasteiger partial charge is 0.336 e. The van der Waals surface area contributed by atoms with Crippen molar-refractivity contribution in [2.75, 3.05) is 19.5 Å². The SMILES string of the molecule is COC(=O)C1=C(C)N=C(C)C(C(=O)OC)C1c1ccccc1Nc1nc(-c2ccc(Cl)cc2)cs1. The fourth-order valence-electron chi connectivity index (χ4n) is 4.26. The Morgan fingerprint density at radius 3 is 2.43 bits per heavy atom. The maximum absolute atomic E-state index is 12.9. The monoisotopic (exact) mass is 509 g/mol. The maximum Gasteiger partial charge on any atom is 0.336 e. The summed E-state index contributed by atoms with van der Waals surface area (Å²) >= 11 is 7.45. The van der Waals surface area contributed by atoms with Crippen molar-refractivity contribution in [1.82, 2.24) is 4.98 Å². The Bertz CT molecular complexity index is 1330. The number of benzene rings is 2. The molecule has 7 nitrogen and oxygen atoms in total. The van der Waals surface area contributed by atoms with Crippen LogP contribution in [-0.4, -0.2) is 36.9 Å². The minimum atomic E-state index is -0.776. The normalized spacial score (nSPS) is 17.6. The van der Waals surface area contributed by atoms with Gasteiger partial charge in [0, 0.05) is 39.0 Å². The topological polar surface area (TPSA) is 89.9 Å². The van der Waals surface area contributed by atoms with Crippen LogP contribution in [0.15, 0.2) is 70.2 Å². The molecule has 0 radical (unpaired) electrons. The van der Waals surface area contributed by atoms with E-state index in [4.69, 9.17) is 26.1 Å². The third-order valence-corrected chi connectivity index (χ3v) is 6.88. The van der Waals surface area contributed by atoms with Crippen molar-refractivity contribution in [2.24, 2.45) is 10.9 Å². The highest BCUT2D eigenvalue weighted by Gasteiger charge is 2.43. The summed E-state index contributed by atoms with van der Waals surface area (Å²) < 4.78 is 10.2. The van der Waals surface area contributed by atoms with Crippen LogP contribution in [0.3, 0.4) is 0 Å². The van der Waals surface area contributed by atoms with Gasteiger partial charge in [-0.1, -0.05) is 41.9 Å². The molecule has 1 N–H and O–H groups in total. The van der Waals surface area contributed by atoms with E-state index in [1.165, 1.54) is 25.6 Å². The zero-order valence-electron chi connectivity index (χ0n) is 19.7. The van der Waals surface area contributed by atoms with Crippen molar-refractivity contribution in [3.8, 4) is 11.3 Å². The first-order valence-electron chi connectivity index (χ1n) is 10.8. The molecule has 2 heterocycles. The van der Waals surface area contributed by atoms with E-state index in [-0.39, 0.29) is 0 Å². The molecule has 4 rings (SSSR count). The number of para-hydroxylation sites is 1. The summed E-state index contributed by atoms with van der Waals surface area (Å²) in [6.07, 6.45) is 0. The summed E-state index contributed by atoms with van der Waals surface area (Å²) in [4.78, 5) is 34.9. The molecule has 0 fully saturated rings. The standard InChI is InChI=1S/C26H24ClN3O4S/c1-14-21(24(31)33-3)23(22(15(2)28-14)25(32)34-4)18-7-5-6-8-19(18)29-26-30-20(13-35-26)16-9-11-17(27)12-10-16/h5-13,21,23H,1-4H3,(H,29,30). The molecular formula is C26H24ClN3O4S. The largest absolute Gasteiger partial charge is 0.468 e. The molecule has 9 heteroatoms. The second-order valence-electron chi connectivity index (χ2n) is 7.98. The van der Waals surface area contributed by atoms with Gasteiger partial charge in [0.15, 0.2) is 5.13 Å². The number of nitrogens with one attached hydrogen (secondary N) is 1. The van der Waals surface area contributed by atoms with Crippen LogP contribution >= 0.6 is 22.9 Å². The van der Waals surface area contributed by atoms with Gasteiger partial charge in [-0.25, -0.2) is 9.78 Å². The molecule has 180 valence electrons. The molecule has 35 heavy (non-hydrogen) atoms. The summed E-state index contributed by atoms with van der Waals surface area (Å²) in [7, 11) is 2.64. The first kappa shape index (κ1) is 24.6. The molecule has 1 aromatic heterocycles. The molecule has 2 unspecified atom stereocenters. The summed E-state index contributed by atoms with van der Waals surface area (Å²) in [6, 6.07) is 15.0. The van der Waals surface area contributed by atoms with E-state index in [0.717, 1.165) is 16.8 Å². The maximum atomic E-state index is 12.9. The zero-order valence-corrected chi connectivity index (χ0v) is 21.2. The molecule has 3 aromatic rings. The minimum absolute atomic E-state index is 0.323. The van der Waals surface area contributed by atoms with Crippen LogP contribution in [0, 0.1) is 5.92 Å². The Morgan fingerprint density at radius 2 is 1.74 bits per heavy atom. The van der Waals surface area contributed by atoms with Gasteiger partial charge in [0.25, 0.3) is 0 Å². The van der Waals surface area contributed by atoms with Gasteiger partial charge in [0.2, 0.25) is 0 Å². The lowest BCUT2D eigenvalue weighted by molar-refractivity contribution is -0.143. The number of hydrogen-bond donors (Lipinski definition) is 1. The number of carbonyl (C=O) groups excluding carboxylic acids is 2. The number of aliphatic imine (C=N–C) groups is 1. The number of hydrogen-bond acceptors (Lipinski definition) is 8. The number of nitrogens with zero attached hydrogens (tertiary/aromatic N) is 2. The van der Waals surface area contributed by atoms with Crippen molar-refractivity contribution in [2.45, 2.75) is 19.8 Å². The Kier molecular flexibility index (Phi) is 7.33. The second-order valence-corrected chi connectivity index (χ2v) is 9.27. The molecule has 1 aliphatic heterocycles. The van der Waals surface area contributed by atoms with E-state index >= 15 is 0 Å². The fraction of sp³-hybridized carbons (Fsp3) is 0.231. The lowest BCUT2D eigenvalue weighted by Crippen LogP contribution is -2.36. The highest BCUT2D eigenvalue weighted by atomic mass is 35.5. The van der Waals surface area contributed by atoms with Crippen LogP contribution in [0.25, 0.3) is 11.3 Å². The van der Waals surface area contributed by atoms with Crippen LogP contribution in [0.1, 0.15) is 25.3 Å². The Hall–Kier alpha value is -3.49. The number of carbonyl (C=O) groups is 2. The van der Waals surface area contributed by atoms with E-state index in [0.29, 0.717) is 32.8 Å². The van der Waals surface area contributed by atoms with Crippen molar-refractivity contribution in [1.29, 1.82) is 0 Å². The number of esters is 2. The molecule has 0 bridgehead atoms. The van der Waals surface area contributed by atoms with Gasteiger partial charge in [-0.2, -0.15) is 0 Å². The molecule has 0 saturated heterocycles. The van der Waals surface area contributed by atoms with E-state index in [9.17, 15) is 9.59 Å². The van der Waals surface area contributed by atoms with Crippen LogP contribution in [0.5, 0.6) is 0 Å². The minimum Gasteiger partial charge on any atom is -0.468 e. The van der Waals surface area contributed by atoms with Crippen molar-refractivity contribution >= 4 is 51.4 Å². The van der Waals surface area contributed by atoms with Gasteiger partial charge in [-0.15, -0.1) is 11.3 Å². The lowest BCUT2D eigenvalue weighted by atomic mass is 9.75. The lowest BCUT2D eigenvalue weighted by Gasteiger charge is -2.32. The Labute approximate surface area is 212 Å². The average Bonchev–Trinajstić information content (AvgIpc) is 3.32. The van der Waals surface area contributed by atoms with Gasteiger partial charge >= 0.3 is 11.9 Å². The molecule has 2 aromatic carbocycles. The fourth-order valence-corrected chi connectivity index (χ4v) is 5.12. The molecule has 0 amide bonds. The Balaban J connectivity index is 1.76. The van der Waals surface area contributed by atoms with Crippen LogP contribution in [0.4, 0.5) is 10.8 Å². The number of halogens is 1. The number of ether oxygens (including phenoxy) is 2. The molecule has 0 saturated carbocycles. The van der Waals surface area contributed by atoms with Gasteiger partial charge in [0.1, 0.15) is 5.92 Å². The number of aromatic nitrogens is 1. The van der Waals surface area contributed by atoms with E-state index in [2.05, 4.69) is 10.3 Å². The first-order valence-corrected chi connectivity index (χ1v) is 12.1. The van der Waals surface area contributed by atoms with Gasteiger partial charge in [0.05, 0.1) is 25.5 Å². The average molecular weight is 510 g/mol. The van der Waals surface area contributed by atoms with E-state index in [1.54, 1.807) is 13.8 Å². The van der Waals surface area contributed by atoms with E-state index < -0.39 is 23.8 Å². The highest BCUT2D eigenvalue weighted by molar-refractivity contribution is 7.14. The first-order chi connectivity index (χ1) is 16.8. The highest BCUT2D eigenvalue weighted by Crippen LogP contribution is 2.43. The molecule has 1 aliphatic rings. The van der Waals surface area contributed by atoms with Gasteiger partial charge in [-0.05, 0) is 37.6 Å². The summed E-state index contributed by atoms with van der Waals surface area (Å²) in [6.45, 7) is 3.51. The molecule has 2 atom stereocenters. The van der Waals surface area contributed by atoms with Gasteiger partial charge < -0.3 is 14.8 Å². The van der Waals surface area contributed by atoms with Crippen LogP contribution in [-0.2, 0) is 19.1 Å². The van der Waals surface area contributed by atoms with Crippen molar-refractivity contribution in [3.63, 3.8) is 0 Å². The summed E-state index contributed by atoms with van der Waals surface area (Å²) in [5.41, 5.74) is 4.61. The van der Waals surface area contributed by atoms with Crippen LogP contribution in [0.2, 0.25) is 5.02 Å². The number of allylic oxidation sites excluding steroid dienone is 1. The van der Waals surface area contributed by atoms with Crippen molar-refractivity contribution < 1.29 is 19.1 Å². The van der Waals surface area contributed by atoms with Crippen LogP contribution < -0.4 is 5.32 Å². The van der Waals surface area contributed by atoms with Gasteiger partial charge in [-0.3, -0.25) is 9.79 Å². The number of methoxy groups -OCH3 is 2. The predicted octanol–water partition coefficient (Wildman–Crippen LogP) is 6.00. The summed E-state index contributed by atoms with van der Waals surface area (Å²) in [5.74, 6) is -2.43. The zero-order chi connectivity index (χ0) is 25.1. The molecule has 0 aliphatic carbocycles.